The molecule has 1 amide bonds. The van der Waals surface area contributed by atoms with Crippen molar-refractivity contribution < 1.29 is 19.0 Å². The van der Waals surface area contributed by atoms with Crippen LogP contribution in [0.2, 0.25) is 0 Å². The van der Waals surface area contributed by atoms with Gasteiger partial charge in [-0.25, -0.2) is 4.39 Å². The first-order chi connectivity index (χ1) is 6.34. The van der Waals surface area contributed by atoms with Crippen molar-refractivity contribution in [2.24, 2.45) is 5.73 Å². The van der Waals surface area contributed by atoms with E-state index >= 15 is 0 Å². The number of nitrogens with two attached hydrogens (primary N) is 1. The monoisotopic (exact) mass is 207 g/mol. The Morgan fingerprint density at radius 2 is 2.00 bits per heavy atom. The maximum Gasteiger partial charge on any atom is 0.214 e. The van der Waals surface area contributed by atoms with E-state index in [1.54, 1.807) is 6.92 Å². The Labute approximate surface area is 83.2 Å². The molecule has 4 nitrogen and oxygen atoms in total. The van der Waals surface area contributed by atoms with Crippen molar-refractivity contribution in [3.05, 3.63) is 0 Å². The lowest BCUT2D eigenvalue weighted by Gasteiger charge is -2.32. The van der Waals surface area contributed by atoms with Crippen LogP contribution < -0.4 is 5.73 Å². The molecule has 3 unspecified atom stereocenters. The normalized spacial score (nSPS) is 36.9. The number of carbonyl (C=O) groups excluding carboxylic acids is 1. The molecular weight excluding hydrogens is 189 g/mol. The predicted molar refractivity (Wildman–Crippen MR) is 50.4 cm³/mol. The third-order valence-corrected chi connectivity index (χ3v) is 1.84. The lowest BCUT2D eigenvalue weighted by atomic mass is 10.0. The molecule has 1 fully saturated rings. The minimum absolute atomic E-state index is 0.0167. The number of amides is 1. The molecule has 0 aliphatic carbocycles. The molecule has 0 aromatic carbocycles. The summed E-state index contributed by atoms with van der Waals surface area (Å²) in [4.78, 5) is 9.22. The molecule has 1 saturated heterocycles. The summed E-state index contributed by atoms with van der Waals surface area (Å²) in [5.41, 5.74) is 4.47. The molecule has 0 spiro atoms. The Kier molecular flexibility index (Phi) is 5.64. The van der Waals surface area contributed by atoms with Gasteiger partial charge in [-0.05, 0) is 13.8 Å². The molecule has 84 valence electrons. The Bertz CT molecular complexity index is 173. The van der Waals surface area contributed by atoms with Gasteiger partial charge in [0.2, 0.25) is 5.91 Å². The minimum Gasteiger partial charge on any atom is -0.390 e. The van der Waals surface area contributed by atoms with Gasteiger partial charge >= 0.3 is 0 Å². The standard InChI is InChI=1S/C7H13FO2.C2H5NO/c1-4-3-6(9)7(8)5(2)10-4;1-2(3)4/h4-7,9H,3H2,1-2H3;1H3,(H2,3,4)/t4?,5?,6?,7-;/m1./s1. The van der Waals surface area contributed by atoms with Crippen LogP contribution >= 0.6 is 0 Å². The minimum atomic E-state index is -1.21. The molecule has 1 rings (SSSR count). The highest BCUT2D eigenvalue weighted by Gasteiger charge is 2.33. The highest BCUT2D eigenvalue weighted by atomic mass is 19.1. The number of halogens is 1. The molecule has 1 aliphatic rings. The van der Waals surface area contributed by atoms with Gasteiger partial charge in [-0.1, -0.05) is 0 Å². The number of rotatable bonds is 0. The van der Waals surface area contributed by atoms with Gasteiger partial charge in [-0.3, -0.25) is 4.79 Å². The Morgan fingerprint density at radius 1 is 1.57 bits per heavy atom. The number of carbonyl (C=O) groups is 1. The second kappa shape index (κ2) is 5.93. The van der Waals surface area contributed by atoms with E-state index in [0.29, 0.717) is 6.42 Å². The van der Waals surface area contributed by atoms with E-state index in [-0.39, 0.29) is 12.0 Å². The Morgan fingerprint density at radius 3 is 2.36 bits per heavy atom. The van der Waals surface area contributed by atoms with Crippen LogP contribution in [0.15, 0.2) is 0 Å². The molecule has 1 aliphatic heterocycles. The first kappa shape index (κ1) is 13.3. The zero-order valence-corrected chi connectivity index (χ0v) is 8.74. The molecule has 0 saturated carbocycles. The summed E-state index contributed by atoms with van der Waals surface area (Å²) >= 11 is 0. The molecule has 0 aromatic rings. The molecule has 0 radical (unpaired) electrons. The summed E-state index contributed by atoms with van der Waals surface area (Å²) in [5.74, 6) is -0.333. The second-order valence-electron chi connectivity index (χ2n) is 3.51. The highest BCUT2D eigenvalue weighted by Crippen LogP contribution is 2.21. The lowest BCUT2D eigenvalue weighted by molar-refractivity contribution is -0.129. The number of primary amides is 1. The summed E-state index contributed by atoms with van der Waals surface area (Å²) in [5, 5.41) is 9.06. The molecule has 1 heterocycles. The zero-order valence-electron chi connectivity index (χ0n) is 8.74. The Hall–Kier alpha value is -0.680. The van der Waals surface area contributed by atoms with Gasteiger partial charge in [-0.2, -0.15) is 0 Å². The van der Waals surface area contributed by atoms with E-state index in [4.69, 9.17) is 9.84 Å². The van der Waals surface area contributed by atoms with E-state index in [2.05, 4.69) is 5.73 Å². The van der Waals surface area contributed by atoms with Crippen LogP contribution in [0.5, 0.6) is 0 Å². The average molecular weight is 207 g/mol. The van der Waals surface area contributed by atoms with Crippen LogP contribution in [-0.2, 0) is 9.53 Å². The number of hydrogen-bond donors (Lipinski definition) is 2. The fourth-order valence-electron chi connectivity index (χ4n) is 1.28. The van der Waals surface area contributed by atoms with Gasteiger partial charge in [0.05, 0.1) is 18.3 Å². The number of aliphatic hydroxyl groups excluding tert-OH is 1. The molecule has 4 atom stereocenters. The Balaban J connectivity index is 0.000000364. The van der Waals surface area contributed by atoms with Crippen LogP contribution in [0.1, 0.15) is 27.2 Å². The molecule has 0 aromatic heterocycles. The summed E-state index contributed by atoms with van der Waals surface area (Å²) < 4.78 is 17.9. The van der Waals surface area contributed by atoms with Crippen molar-refractivity contribution in [2.45, 2.75) is 51.7 Å². The fourth-order valence-corrected chi connectivity index (χ4v) is 1.28. The molecule has 5 heteroatoms. The third kappa shape index (κ3) is 5.14. The molecule has 3 N–H and O–H groups in total. The number of alkyl halides is 1. The topological polar surface area (TPSA) is 72.6 Å². The van der Waals surface area contributed by atoms with Gasteiger partial charge in [0.15, 0.2) is 6.17 Å². The predicted octanol–water partition coefficient (Wildman–Crippen LogP) is 0.374. The van der Waals surface area contributed by atoms with Crippen LogP contribution in [0.3, 0.4) is 0 Å². The smallest absolute Gasteiger partial charge is 0.214 e. The molecular formula is C9H18FNO3. The van der Waals surface area contributed by atoms with Crippen molar-refractivity contribution >= 4 is 5.91 Å². The fraction of sp³-hybridized carbons (Fsp3) is 0.889. The SMILES string of the molecule is CC(N)=O.CC1CC(O)[C@H](F)C(C)O1. The maximum atomic E-state index is 12.8. The van der Waals surface area contributed by atoms with Crippen LogP contribution in [0.4, 0.5) is 4.39 Å². The van der Waals surface area contributed by atoms with Gasteiger partial charge in [0, 0.05) is 13.3 Å². The lowest BCUT2D eigenvalue weighted by Crippen LogP contribution is -2.43. The van der Waals surface area contributed by atoms with Crippen molar-refractivity contribution in [3.8, 4) is 0 Å². The largest absolute Gasteiger partial charge is 0.390 e. The maximum absolute atomic E-state index is 12.8. The quantitative estimate of drug-likeness (QED) is 0.603. The van der Waals surface area contributed by atoms with Gasteiger partial charge in [-0.15, -0.1) is 0 Å². The highest BCUT2D eigenvalue weighted by molar-refractivity contribution is 5.70. The van der Waals surface area contributed by atoms with Crippen molar-refractivity contribution in [1.29, 1.82) is 0 Å². The van der Waals surface area contributed by atoms with Gasteiger partial charge in [0.1, 0.15) is 0 Å². The summed E-state index contributed by atoms with van der Waals surface area (Å²) in [6.45, 7) is 4.79. The number of aliphatic hydroxyl groups is 1. The molecule has 0 bridgehead atoms. The summed E-state index contributed by atoms with van der Waals surface area (Å²) in [6.07, 6.45) is -2.11. The molecule has 14 heavy (non-hydrogen) atoms. The van der Waals surface area contributed by atoms with Crippen molar-refractivity contribution in [3.63, 3.8) is 0 Å². The zero-order chi connectivity index (χ0) is 11.3. The first-order valence-corrected chi connectivity index (χ1v) is 4.58. The van der Waals surface area contributed by atoms with Crippen molar-refractivity contribution in [2.75, 3.05) is 0 Å². The second-order valence-corrected chi connectivity index (χ2v) is 3.51. The van der Waals surface area contributed by atoms with Crippen LogP contribution in [-0.4, -0.2) is 35.5 Å². The van der Waals surface area contributed by atoms with Gasteiger partial charge < -0.3 is 15.6 Å². The average Bonchev–Trinajstić information content (AvgIpc) is 1.98. The van der Waals surface area contributed by atoms with E-state index in [9.17, 15) is 9.18 Å². The summed E-state index contributed by atoms with van der Waals surface area (Å²) in [6, 6.07) is 0. The summed E-state index contributed by atoms with van der Waals surface area (Å²) in [7, 11) is 0. The van der Waals surface area contributed by atoms with Gasteiger partial charge in [0.25, 0.3) is 0 Å². The van der Waals surface area contributed by atoms with Crippen molar-refractivity contribution in [1.82, 2.24) is 0 Å². The van der Waals surface area contributed by atoms with E-state index in [1.165, 1.54) is 6.92 Å². The first-order valence-electron chi connectivity index (χ1n) is 4.58. The van der Waals surface area contributed by atoms with Crippen LogP contribution in [0, 0.1) is 0 Å². The van der Waals surface area contributed by atoms with E-state index in [0.717, 1.165) is 0 Å². The van der Waals surface area contributed by atoms with E-state index in [1.807, 2.05) is 6.92 Å². The van der Waals surface area contributed by atoms with Crippen LogP contribution in [0.25, 0.3) is 0 Å². The third-order valence-electron chi connectivity index (χ3n) is 1.84. The van der Waals surface area contributed by atoms with E-state index < -0.39 is 18.4 Å². The number of hydrogen-bond acceptors (Lipinski definition) is 3. The number of ether oxygens (including phenoxy) is 1.